The van der Waals surface area contributed by atoms with Gasteiger partial charge in [0, 0.05) is 6.07 Å². The molecular weight excluding hydrogens is 368 g/mol. The lowest BCUT2D eigenvalue weighted by Crippen LogP contribution is -2.30. The molecule has 28 heavy (non-hydrogen) atoms. The van der Waals surface area contributed by atoms with E-state index in [2.05, 4.69) is 5.32 Å². The second-order valence-corrected chi connectivity index (χ2v) is 5.67. The van der Waals surface area contributed by atoms with Gasteiger partial charge in [0.25, 0.3) is 11.6 Å². The molecule has 0 aliphatic heterocycles. The second-order valence-electron chi connectivity index (χ2n) is 5.67. The van der Waals surface area contributed by atoms with Crippen LogP contribution in [0.15, 0.2) is 48.5 Å². The molecule has 0 aromatic heterocycles. The number of benzene rings is 2. The summed E-state index contributed by atoms with van der Waals surface area (Å²) in [5, 5.41) is 13.3. The molecule has 0 unspecified atom stereocenters. The number of nitrogens with zero attached hydrogens (tertiary/aromatic N) is 1. The number of hydrogen-bond acceptors (Lipinski definition) is 7. The van der Waals surface area contributed by atoms with Crippen molar-refractivity contribution in [3.63, 3.8) is 0 Å². The topological polar surface area (TPSA) is 117 Å². The number of nitro benzene ring substituents is 1. The van der Waals surface area contributed by atoms with Crippen LogP contribution in [-0.4, -0.2) is 36.6 Å². The standard InChI is InChI=1S/C19H20N2O7/c1-13(28-18(22)10-11-27-15-6-4-3-5-7-15)19(23)20-16-9-8-14(21(24)25)12-17(16)26-2/h3-9,12-13H,10-11H2,1-2H3,(H,20,23)/t13-/m0/s1. The number of ether oxygens (including phenoxy) is 3. The minimum Gasteiger partial charge on any atom is -0.494 e. The van der Waals surface area contributed by atoms with Crippen molar-refractivity contribution in [2.45, 2.75) is 19.4 Å². The summed E-state index contributed by atoms with van der Waals surface area (Å²) < 4.78 is 15.5. The van der Waals surface area contributed by atoms with Crippen LogP contribution >= 0.6 is 0 Å². The first kappa shape index (κ1) is 20.7. The van der Waals surface area contributed by atoms with Crippen LogP contribution in [0.4, 0.5) is 11.4 Å². The molecule has 1 atom stereocenters. The minimum atomic E-state index is -1.07. The number of nitro groups is 1. The maximum absolute atomic E-state index is 12.2. The zero-order valence-corrected chi connectivity index (χ0v) is 15.4. The quantitative estimate of drug-likeness (QED) is 0.399. The summed E-state index contributed by atoms with van der Waals surface area (Å²) in [7, 11) is 1.32. The number of amides is 1. The molecule has 0 bridgehead atoms. The predicted molar refractivity (Wildman–Crippen MR) is 100 cm³/mol. The van der Waals surface area contributed by atoms with Gasteiger partial charge < -0.3 is 19.5 Å². The second kappa shape index (κ2) is 9.91. The highest BCUT2D eigenvalue weighted by atomic mass is 16.6. The third-order valence-corrected chi connectivity index (χ3v) is 3.65. The van der Waals surface area contributed by atoms with Gasteiger partial charge in [0.2, 0.25) is 0 Å². The number of hydrogen-bond donors (Lipinski definition) is 1. The fourth-order valence-corrected chi connectivity index (χ4v) is 2.21. The molecule has 148 valence electrons. The van der Waals surface area contributed by atoms with Crippen LogP contribution in [0.1, 0.15) is 13.3 Å². The van der Waals surface area contributed by atoms with E-state index in [1.54, 1.807) is 12.1 Å². The van der Waals surface area contributed by atoms with E-state index < -0.39 is 22.9 Å². The predicted octanol–water partition coefficient (Wildman–Crippen LogP) is 2.94. The Hall–Kier alpha value is -3.62. The van der Waals surface area contributed by atoms with Crippen molar-refractivity contribution in [1.82, 2.24) is 0 Å². The van der Waals surface area contributed by atoms with E-state index in [1.807, 2.05) is 18.2 Å². The smallest absolute Gasteiger partial charge is 0.310 e. The van der Waals surface area contributed by atoms with Gasteiger partial charge in [-0.25, -0.2) is 0 Å². The Kier molecular flexibility index (Phi) is 7.32. The summed E-state index contributed by atoms with van der Waals surface area (Å²) in [6.07, 6.45) is -1.09. The van der Waals surface area contributed by atoms with Crippen LogP contribution in [0, 0.1) is 10.1 Å². The highest BCUT2D eigenvalue weighted by Gasteiger charge is 2.20. The van der Waals surface area contributed by atoms with Gasteiger partial charge in [-0.2, -0.15) is 0 Å². The van der Waals surface area contributed by atoms with Crippen molar-refractivity contribution in [1.29, 1.82) is 0 Å². The molecule has 0 spiro atoms. The fraction of sp³-hybridized carbons (Fsp3) is 0.263. The molecule has 2 aromatic carbocycles. The van der Waals surface area contributed by atoms with E-state index in [9.17, 15) is 19.7 Å². The molecule has 9 heteroatoms. The number of methoxy groups -OCH3 is 1. The molecule has 0 aliphatic carbocycles. The fourth-order valence-electron chi connectivity index (χ4n) is 2.21. The SMILES string of the molecule is COc1cc([N+](=O)[O-])ccc1NC(=O)[C@H](C)OC(=O)CCOc1ccccc1. The zero-order valence-electron chi connectivity index (χ0n) is 15.4. The number of nitrogens with one attached hydrogen (secondary N) is 1. The van der Waals surface area contributed by atoms with Crippen LogP contribution in [0.25, 0.3) is 0 Å². The molecule has 9 nitrogen and oxygen atoms in total. The normalized spacial score (nSPS) is 11.2. The summed E-state index contributed by atoms with van der Waals surface area (Å²) in [6.45, 7) is 1.54. The third kappa shape index (κ3) is 5.97. The summed E-state index contributed by atoms with van der Waals surface area (Å²) in [4.78, 5) is 34.3. The molecular formula is C19H20N2O7. The first-order valence-corrected chi connectivity index (χ1v) is 8.41. The molecule has 0 aliphatic rings. The lowest BCUT2D eigenvalue weighted by atomic mass is 10.2. The van der Waals surface area contributed by atoms with Crippen LogP contribution in [0.3, 0.4) is 0 Å². The van der Waals surface area contributed by atoms with Crippen molar-refractivity contribution in [2.24, 2.45) is 0 Å². The van der Waals surface area contributed by atoms with Crippen molar-refractivity contribution >= 4 is 23.3 Å². The Balaban J connectivity index is 1.85. The van der Waals surface area contributed by atoms with Gasteiger partial charge >= 0.3 is 5.97 Å². The van der Waals surface area contributed by atoms with Crippen molar-refractivity contribution in [3.05, 3.63) is 58.6 Å². The molecule has 0 heterocycles. The molecule has 0 fully saturated rings. The van der Waals surface area contributed by atoms with Gasteiger partial charge in [-0.1, -0.05) is 18.2 Å². The van der Waals surface area contributed by atoms with Crippen molar-refractivity contribution < 1.29 is 28.7 Å². The van der Waals surface area contributed by atoms with Crippen LogP contribution in [0.5, 0.6) is 11.5 Å². The lowest BCUT2D eigenvalue weighted by molar-refractivity contribution is -0.384. The van der Waals surface area contributed by atoms with Crippen LogP contribution in [-0.2, 0) is 14.3 Å². The highest BCUT2D eigenvalue weighted by molar-refractivity contribution is 5.96. The molecule has 0 saturated heterocycles. The van der Waals surface area contributed by atoms with E-state index in [1.165, 1.54) is 32.2 Å². The first-order valence-electron chi connectivity index (χ1n) is 8.41. The van der Waals surface area contributed by atoms with Gasteiger partial charge in [0.05, 0.1) is 36.8 Å². The number of carbonyl (C=O) groups is 2. The van der Waals surface area contributed by atoms with Gasteiger partial charge in [-0.3, -0.25) is 19.7 Å². The monoisotopic (exact) mass is 388 g/mol. The van der Waals surface area contributed by atoms with Crippen molar-refractivity contribution in [2.75, 3.05) is 19.0 Å². The van der Waals surface area contributed by atoms with E-state index in [0.29, 0.717) is 5.75 Å². The summed E-state index contributed by atoms with van der Waals surface area (Å²) in [6, 6.07) is 12.8. The number of rotatable bonds is 9. The van der Waals surface area contributed by atoms with Gasteiger partial charge in [0.1, 0.15) is 11.5 Å². The molecule has 1 amide bonds. The average molecular weight is 388 g/mol. The number of anilines is 1. The number of carbonyl (C=O) groups excluding carboxylic acids is 2. The summed E-state index contributed by atoms with van der Waals surface area (Å²) in [5.41, 5.74) is 0.0566. The van der Waals surface area contributed by atoms with E-state index >= 15 is 0 Å². The van der Waals surface area contributed by atoms with E-state index in [0.717, 1.165) is 0 Å². The third-order valence-electron chi connectivity index (χ3n) is 3.65. The zero-order chi connectivity index (χ0) is 20.5. The Labute approximate surface area is 161 Å². The molecule has 0 saturated carbocycles. The molecule has 0 radical (unpaired) electrons. The van der Waals surface area contributed by atoms with Crippen LogP contribution in [0.2, 0.25) is 0 Å². The Morgan fingerprint density at radius 1 is 1.18 bits per heavy atom. The summed E-state index contributed by atoms with van der Waals surface area (Å²) >= 11 is 0. The van der Waals surface area contributed by atoms with Crippen molar-refractivity contribution in [3.8, 4) is 11.5 Å². The maximum atomic E-state index is 12.2. The maximum Gasteiger partial charge on any atom is 0.310 e. The summed E-state index contributed by atoms with van der Waals surface area (Å²) in [5.74, 6) is -0.428. The van der Waals surface area contributed by atoms with Crippen LogP contribution < -0.4 is 14.8 Å². The lowest BCUT2D eigenvalue weighted by Gasteiger charge is -2.15. The van der Waals surface area contributed by atoms with Gasteiger partial charge in [-0.15, -0.1) is 0 Å². The molecule has 2 aromatic rings. The number of non-ortho nitro benzene ring substituents is 1. The molecule has 2 rings (SSSR count). The number of para-hydroxylation sites is 1. The minimum absolute atomic E-state index is 0.0205. The van der Waals surface area contributed by atoms with E-state index in [4.69, 9.17) is 14.2 Å². The first-order chi connectivity index (χ1) is 13.4. The van der Waals surface area contributed by atoms with Gasteiger partial charge in [-0.05, 0) is 25.1 Å². The largest absolute Gasteiger partial charge is 0.494 e. The van der Waals surface area contributed by atoms with Gasteiger partial charge in [0.15, 0.2) is 6.10 Å². The average Bonchev–Trinajstić information content (AvgIpc) is 2.68. The van der Waals surface area contributed by atoms with E-state index in [-0.39, 0.29) is 30.2 Å². The number of esters is 1. The Morgan fingerprint density at radius 3 is 2.54 bits per heavy atom. The Bertz CT molecular complexity index is 839. The highest BCUT2D eigenvalue weighted by Crippen LogP contribution is 2.29. The Morgan fingerprint density at radius 2 is 1.89 bits per heavy atom. The molecule has 1 N–H and O–H groups in total.